The molecular weight excluding hydrogens is 484 g/mol. The lowest BCUT2D eigenvalue weighted by Crippen LogP contribution is -1.95. The maximum absolute atomic E-state index is 9.40. The van der Waals surface area contributed by atoms with Crippen molar-refractivity contribution in [2.24, 2.45) is 0 Å². The Morgan fingerprint density at radius 3 is 1.80 bits per heavy atom. The van der Waals surface area contributed by atoms with Gasteiger partial charge in [0.1, 0.15) is 0 Å². The van der Waals surface area contributed by atoms with E-state index in [1.165, 1.54) is 124 Å². The molecule has 0 saturated carbocycles. The molecule has 0 N–H and O–H groups in total. The second-order valence-corrected chi connectivity index (χ2v) is 11.5. The van der Waals surface area contributed by atoms with E-state index in [0.29, 0.717) is 0 Å². The van der Waals surface area contributed by atoms with Crippen molar-refractivity contribution in [2.75, 3.05) is 0 Å². The normalized spacial score (nSPS) is 11.3. The highest BCUT2D eigenvalue weighted by Gasteiger charge is 2.10. The van der Waals surface area contributed by atoms with E-state index in [2.05, 4.69) is 86.0 Å². The minimum Gasteiger partial charge on any atom is -0.348 e. The molecule has 0 aliphatic heterocycles. The standard InChI is InChI=1S/C38H56N2/c1-4-7-10-13-15-18-21-33-26-28-36(29-27-33)38(31-35(32-40-39)23-19-16-14-11-8-5-2)37-25-20-24-34(30-37)22-17-12-9-6-3/h20,24-31H,4-19,21-23H2,1-3H3. The lowest BCUT2D eigenvalue weighted by atomic mass is 9.91. The molecule has 2 rings (SSSR count). The summed E-state index contributed by atoms with van der Waals surface area (Å²) in [5, 5.41) is 0. The Morgan fingerprint density at radius 1 is 0.625 bits per heavy atom. The van der Waals surface area contributed by atoms with Crippen LogP contribution < -0.4 is 0 Å². The predicted molar refractivity (Wildman–Crippen MR) is 175 cm³/mol. The minimum absolute atomic E-state index is 0.881. The van der Waals surface area contributed by atoms with Crippen molar-refractivity contribution in [1.29, 1.82) is 0 Å². The molecule has 0 atom stereocenters. The third kappa shape index (κ3) is 14.1. The summed E-state index contributed by atoms with van der Waals surface area (Å²) in [5.41, 5.74) is 16.8. The molecule has 0 heterocycles. The fraction of sp³-hybridized carbons (Fsp3) is 0.579. The SMILES string of the molecule is CCCCCCCCC(=C=[N+]=[N-])C=C(c1ccc(CCCCCCCC)cc1)c1cccc(CCCCCC)c1. The van der Waals surface area contributed by atoms with Crippen LogP contribution in [0.3, 0.4) is 0 Å². The van der Waals surface area contributed by atoms with E-state index in [1.54, 1.807) is 0 Å². The molecule has 2 aromatic rings. The van der Waals surface area contributed by atoms with Gasteiger partial charge in [-0.2, -0.15) is 0 Å². The smallest absolute Gasteiger partial charge is 0.303 e. The van der Waals surface area contributed by atoms with Crippen LogP contribution in [0.4, 0.5) is 0 Å². The van der Waals surface area contributed by atoms with Gasteiger partial charge in [0.05, 0.1) is 5.57 Å². The average molecular weight is 541 g/mol. The lowest BCUT2D eigenvalue weighted by molar-refractivity contribution is 0.00746. The maximum atomic E-state index is 9.40. The van der Waals surface area contributed by atoms with Gasteiger partial charge >= 0.3 is 5.87 Å². The fourth-order valence-electron chi connectivity index (χ4n) is 5.44. The second kappa shape index (κ2) is 22.1. The van der Waals surface area contributed by atoms with E-state index in [1.807, 2.05) is 0 Å². The summed E-state index contributed by atoms with van der Waals surface area (Å²) in [6, 6.07) is 18.2. The molecule has 40 heavy (non-hydrogen) atoms. The number of unbranched alkanes of at least 4 members (excludes halogenated alkanes) is 13. The minimum atomic E-state index is 0.881. The number of allylic oxidation sites excluding steroid dienone is 2. The van der Waals surface area contributed by atoms with Crippen molar-refractivity contribution in [2.45, 2.75) is 143 Å². The van der Waals surface area contributed by atoms with Crippen LogP contribution in [0.25, 0.3) is 11.1 Å². The first-order valence-electron chi connectivity index (χ1n) is 16.6. The molecule has 218 valence electrons. The molecule has 0 fully saturated rings. The number of benzene rings is 2. The van der Waals surface area contributed by atoms with Gasteiger partial charge < -0.3 is 5.53 Å². The van der Waals surface area contributed by atoms with Crippen LogP contribution >= 0.6 is 0 Å². The van der Waals surface area contributed by atoms with Crippen molar-refractivity contribution < 1.29 is 4.79 Å². The van der Waals surface area contributed by atoms with E-state index in [4.69, 9.17) is 0 Å². The second-order valence-electron chi connectivity index (χ2n) is 11.5. The van der Waals surface area contributed by atoms with Gasteiger partial charge in [-0.05, 0) is 72.4 Å². The Kier molecular flexibility index (Phi) is 18.5. The summed E-state index contributed by atoms with van der Waals surface area (Å²) in [5.74, 6) is 2.90. The van der Waals surface area contributed by atoms with E-state index in [9.17, 15) is 5.53 Å². The Hall–Kier alpha value is -2.66. The first-order chi connectivity index (χ1) is 19.7. The van der Waals surface area contributed by atoms with Gasteiger partial charge in [0.15, 0.2) is 0 Å². The number of aryl methyl sites for hydroxylation is 2. The molecule has 0 radical (unpaired) electrons. The first kappa shape index (κ1) is 33.5. The third-order valence-electron chi connectivity index (χ3n) is 7.95. The summed E-state index contributed by atoms with van der Waals surface area (Å²) in [4.78, 5) is 3.32. The Morgan fingerprint density at radius 2 is 1.18 bits per heavy atom. The van der Waals surface area contributed by atoms with E-state index < -0.39 is 0 Å². The number of rotatable bonds is 22. The lowest BCUT2D eigenvalue weighted by Gasteiger charge is -2.12. The average Bonchev–Trinajstić information content (AvgIpc) is 2.98. The highest BCUT2D eigenvalue weighted by molar-refractivity contribution is 5.83. The van der Waals surface area contributed by atoms with Crippen molar-refractivity contribution >= 4 is 11.4 Å². The fourth-order valence-corrected chi connectivity index (χ4v) is 5.44. The Bertz CT molecular complexity index is 1050. The zero-order valence-electron chi connectivity index (χ0n) is 26.0. The van der Waals surface area contributed by atoms with E-state index in [-0.39, 0.29) is 0 Å². The number of hydrogen-bond acceptors (Lipinski definition) is 0. The van der Waals surface area contributed by atoms with E-state index in [0.717, 1.165) is 31.3 Å². The quantitative estimate of drug-likeness (QED) is 0.0468. The Labute approximate surface area is 246 Å². The number of hydrogen-bond donors (Lipinski definition) is 0. The van der Waals surface area contributed by atoms with Gasteiger partial charge in [0.25, 0.3) is 0 Å². The van der Waals surface area contributed by atoms with Crippen LogP contribution in [0.2, 0.25) is 0 Å². The van der Waals surface area contributed by atoms with Crippen LogP contribution in [-0.4, -0.2) is 10.7 Å². The summed E-state index contributed by atoms with van der Waals surface area (Å²) in [6.07, 6.45) is 25.9. The van der Waals surface area contributed by atoms with Gasteiger partial charge in [0, 0.05) is 0 Å². The summed E-state index contributed by atoms with van der Waals surface area (Å²) in [6.45, 7) is 6.80. The van der Waals surface area contributed by atoms with Crippen molar-refractivity contribution in [1.82, 2.24) is 0 Å². The topological polar surface area (TPSA) is 36.4 Å². The molecule has 0 aromatic heterocycles. The highest BCUT2D eigenvalue weighted by Crippen LogP contribution is 2.28. The summed E-state index contributed by atoms with van der Waals surface area (Å²) < 4.78 is 0. The summed E-state index contributed by atoms with van der Waals surface area (Å²) >= 11 is 0. The van der Waals surface area contributed by atoms with Gasteiger partial charge in [0.2, 0.25) is 0 Å². The van der Waals surface area contributed by atoms with E-state index >= 15 is 0 Å². The molecule has 0 unspecified atom stereocenters. The molecular formula is C38H56N2. The monoisotopic (exact) mass is 540 g/mol. The summed E-state index contributed by atoms with van der Waals surface area (Å²) in [7, 11) is 0. The van der Waals surface area contributed by atoms with Crippen LogP contribution in [-0.2, 0) is 12.8 Å². The molecule has 2 nitrogen and oxygen atoms in total. The van der Waals surface area contributed by atoms with Gasteiger partial charge in [-0.25, -0.2) is 0 Å². The van der Waals surface area contributed by atoms with Gasteiger partial charge in [-0.15, -0.1) is 4.79 Å². The zero-order valence-corrected chi connectivity index (χ0v) is 26.0. The highest BCUT2D eigenvalue weighted by atomic mass is 14.8. The van der Waals surface area contributed by atoms with Crippen LogP contribution in [0.1, 0.15) is 152 Å². The van der Waals surface area contributed by atoms with Gasteiger partial charge in [-0.3, -0.25) is 0 Å². The molecule has 0 bridgehead atoms. The largest absolute Gasteiger partial charge is 0.348 e. The van der Waals surface area contributed by atoms with Crippen molar-refractivity contribution in [3.8, 4) is 0 Å². The molecule has 0 aliphatic rings. The molecule has 0 amide bonds. The molecule has 0 saturated heterocycles. The number of nitrogens with zero attached hydrogens (tertiary/aromatic N) is 2. The van der Waals surface area contributed by atoms with Gasteiger partial charge in [-0.1, -0.05) is 153 Å². The van der Waals surface area contributed by atoms with Crippen LogP contribution in [0, 0.1) is 0 Å². The van der Waals surface area contributed by atoms with Crippen molar-refractivity contribution in [3.63, 3.8) is 0 Å². The first-order valence-corrected chi connectivity index (χ1v) is 16.6. The molecule has 0 spiro atoms. The van der Waals surface area contributed by atoms with Crippen LogP contribution in [0.5, 0.6) is 0 Å². The zero-order chi connectivity index (χ0) is 28.7. The van der Waals surface area contributed by atoms with Crippen LogP contribution in [0.15, 0.2) is 60.2 Å². The molecule has 2 heteroatoms. The third-order valence-corrected chi connectivity index (χ3v) is 7.95. The van der Waals surface area contributed by atoms with Crippen molar-refractivity contribution in [3.05, 3.63) is 88.0 Å². The molecule has 2 aromatic carbocycles. The maximum Gasteiger partial charge on any atom is 0.303 e. The predicted octanol–water partition coefficient (Wildman–Crippen LogP) is 11.7. The molecule has 0 aliphatic carbocycles. The Balaban J connectivity index is 2.23.